The van der Waals surface area contributed by atoms with Crippen LogP contribution in [0.5, 0.6) is 0 Å². The molecule has 1 aromatic rings. The van der Waals surface area contributed by atoms with E-state index in [1.807, 2.05) is 0 Å². The number of nitro groups is 1. The molecule has 13 heavy (non-hydrogen) atoms. The van der Waals surface area contributed by atoms with E-state index in [2.05, 4.69) is 0 Å². The number of hydrogen-bond acceptors (Lipinski definition) is 5. The van der Waals surface area contributed by atoms with E-state index in [-0.39, 0.29) is 8.55 Å². The Morgan fingerprint density at radius 1 is 1.62 bits per heavy atom. The second-order valence-corrected chi connectivity index (χ2v) is 5.47. The maximum absolute atomic E-state index is 10.7. The van der Waals surface area contributed by atoms with Crippen molar-refractivity contribution < 1.29 is 13.3 Å². The molecular formula is C4H3ClN2O4S2. The molecule has 0 bridgehead atoms. The average molecular weight is 243 g/mol. The van der Waals surface area contributed by atoms with Gasteiger partial charge >= 0.3 is 0 Å². The quantitative estimate of drug-likeness (QED) is 0.616. The van der Waals surface area contributed by atoms with Crippen molar-refractivity contribution in [2.24, 2.45) is 5.14 Å². The molecule has 0 aromatic carbocycles. The zero-order valence-corrected chi connectivity index (χ0v) is 8.32. The van der Waals surface area contributed by atoms with E-state index >= 15 is 0 Å². The van der Waals surface area contributed by atoms with E-state index in [1.54, 1.807) is 0 Å². The Labute approximate surface area is 82.1 Å². The summed E-state index contributed by atoms with van der Waals surface area (Å²) >= 11 is 5.96. The molecule has 6 nitrogen and oxygen atoms in total. The maximum atomic E-state index is 10.7. The number of hydrogen-bond donors (Lipinski definition) is 1. The van der Waals surface area contributed by atoms with Crippen molar-refractivity contribution in [3.05, 3.63) is 20.5 Å². The van der Waals surface area contributed by atoms with Crippen LogP contribution in [0.3, 0.4) is 0 Å². The lowest BCUT2D eigenvalue weighted by Gasteiger charge is -1.86. The first-order valence-electron chi connectivity index (χ1n) is 2.79. The lowest BCUT2D eigenvalue weighted by molar-refractivity contribution is -0.384. The van der Waals surface area contributed by atoms with Gasteiger partial charge in [0.1, 0.15) is 4.21 Å². The third-order valence-corrected chi connectivity index (χ3v) is 3.88. The average Bonchev–Trinajstić information content (AvgIpc) is 2.29. The van der Waals surface area contributed by atoms with Crippen molar-refractivity contribution in [1.82, 2.24) is 0 Å². The van der Waals surface area contributed by atoms with Crippen molar-refractivity contribution in [3.63, 3.8) is 0 Å². The van der Waals surface area contributed by atoms with Gasteiger partial charge in [0.05, 0.1) is 4.92 Å². The van der Waals surface area contributed by atoms with Crippen LogP contribution in [0.15, 0.2) is 10.3 Å². The molecule has 0 unspecified atom stereocenters. The summed E-state index contributed by atoms with van der Waals surface area (Å²) in [5.74, 6) is 0. The third kappa shape index (κ3) is 2.15. The number of rotatable bonds is 2. The predicted octanol–water partition coefficient (Wildman–Crippen LogP) is 0.957. The number of nitrogens with two attached hydrogens (primary N) is 1. The summed E-state index contributed by atoms with van der Waals surface area (Å²) in [5, 5.41) is 15.0. The summed E-state index contributed by atoms with van der Waals surface area (Å²) in [5.41, 5.74) is -0.448. The molecule has 0 aliphatic rings. The van der Waals surface area contributed by atoms with Crippen LogP contribution in [-0.2, 0) is 10.0 Å². The van der Waals surface area contributed by atoms with Gasteiger partial charge in [0, 0.05) is 6.07 Å². The number of nitrogens with zero attached hydrogens (tertiary/aromatic N) is 1. The van der Waals surface area contributed by atoms with Crippen molar-refractivity contribution in [2.75, 3.05) is 0 Å². The van der Waals surface area contributed by atoms with Gasteiger partial charge in [-0.2, -0.15) is 0 Å². The lowest BCUT2D eigenvalue weighted by atomic mass is 10.6. The van der Waals surface area contributed by atoms with Crippen molar-refractivity contribution in [2.45, 2.75) is 4.21 Å². The first-order valence-corrected chi connectivity index (χ1v) is 5.53. The molecule has 72 valence electrons. The van der Waals surface area contributed by atoms with E-state index in [0.717, 1.165) is 6.07 Å². The topological polar surface area (TPSA) is 103 Å². The largest absolute Gasteiger partial charge is 0.300 e. The molecule has 0 saturated heterocycles. The second-order valence-electron chi connectivity index (χ2n) is 2.03. The van der Waals surface area contributed by atoms with E-state index in [0.29, 0.717) is 11.3 Å². The molecule has 0 radical (unpaired) electrons. The minimum absolute atomic E-state index is 0.200. The Kier molecular flexibility index (Phi) is 2.57. The Bertz CT molecular complexity index is 451. The van der Waals surface area contributed by atoms with Crippen LogP contribution >= 0.6 is 22.9 Å². The fraction of sp³-hybridized carbons (Fsp3) is 0. The monoisotopic (exact) mass is 242 g/mol. The van der Waals surface area contributed by atoms with Gasteiger partial charge in [0.25, 0.3) is 5.69 Å². The summed E-state index contributed by atoms with van der Waals surface area (Å²) in [7, 11) is -3.91. The fourth-order valence-electron chi connectivity index (χ4n) is 0.603. The van der Waals surface area contributed by atoms with Gasteiger partial charge in [-0.1, -0.05) is 11.6 Å². The van der Waals surface area contributed by atoms with Crippen LogP contribution in [-0.4, -0.2) is 13.3 Å². The Morgan fingerprint density at radius 3 is 2.38 bits per heavy atom. The van der Waals surface area contributed by atoms with Crippen LogP contribution in [0.25, 0.3) is 0 Å². The van der Waals surface area contributed by atoms with Crippen LogP contribution < -0.4 is 5.14 Å². The number of halogens is 1. The molecule has 1 heterocycles. The van der Waals surface area contributed by atoms with Gasteiger partial charge in [0.2, 0.25) is 10.0 Å². The molecule has 0 aliphatic carbocycles. The standard InChI is InChI=1S/C4H3ClN2O4S2/c5-4-2(7(8)9)1-3(12-4)13(6,10)11/h1H,(H2,6,10,11). The van der Waals surface area contributed by atoms with Crippen molar-refractivity contribution in [3.8, 4) is 0 Å². The van der Waals surface area contributed by atoms with E-state index < -0.39 is 20.6 Å². The highest BCUT2D eigenvalue weighted by Gasteiger charge is 2.22. The van der Waals surface area contributed by atoms with Crippen molar-refractivity contribution >= 4 is 38.6 Å². The van der Waals surface area contributed by atoms with Crippen molar-refractivity contribution in [1.29, 1.82) is 0 Å². The molecule has 9 heteroatoms. The zero-order valence-electron chi connectivity index (χ0n) is 5.93. The highest BCUT2D eigenvalue weighted by Crippen LogP contribution is 2.35. The highest BCUT2D eigenvalue weighted by atomic mass is 35.5. The highest BCUT2D eigenvalue weighted by molar-refractivity contribution is 7.91. The number of thiophene rings is 1. The minimum Gasteiger partial charge on any atom is -0.258 e. The molecule has 1 aromatic heterocycles. The molecule has 0 fully saturated rings. The Balaban J connectivity index is 3.33. The predicted molar refractivity (Wildman–Crippen MR) is 47.4 cm³/mol. The normalized spacial score (nSPS) is 11.5. The Morgan fingerprint density at radius 2 is 2.15 bits per heavy atom. The minimum atomic E-state index is -3.91. The summed E-state index contributed by atoms with van der Waals surface area (Å²) < 4.78 is 20.9. The molecule has 1 rings (SSSR count). The van der Waals surface area contributed by atoms with Crippen LogP contribution in [0, 0.1) is 10.1 Å². The van der Waals surface area contributed by atoms with Crippen LogP contribution in [0.4, 0.5) is 5.69 Å². The van der Waals surface area contributed by atoms with Gasteiger partial charge in [-0.25, -0.2) is 13.6 Å². The summed E-state index contributed by atoms with van der Waals surface area (Å²) in [6.45, 7) is 0. The van der Waals surface area contributed by atoms with Gasteiger partial charge in [-0.05, 0) is 0 Å². The molecule has 2 N–H and O–H groups in total. The van der Waals surface area contributed by atoms with Gasteiger partial charge < -0.3 is 0 Å². The zero-order chi connectivity index (χ0) is 10.2. The number of primary sulfonamides is 1. The van der Waals surface area contributed by atoms with Crippen LogP contribution in [0.1, 0.15) is 0 Å². The second kappa shape index (κ2) is 3.22. The maximum Gasteiger partial charge on any atom is 0.300 e. The summed E-state index contributed by atoms with van der Waals surface area (Å²) in [6, 6.07) is 0.836. The molecular weight excluding hydrogens is 240 g/mol. The van der Waals surface area contributed by atoms with Gasteiger partial charge in [-0.3, -0.25) is 10.1 Å². The lowest BCUT2D eigenvalue weighted by Crippen LogP contribution is -2.09. The third-order valence-electron chi connectivity index (χ3n) is 1.12. The molecule has 0 aliphatic heterocycles. The molecule has 0 atom stereocenters. The van der Waals surface area contributed by atoms with E-state index in [1.165, 1.54) is 0 Å². The van der Waals surface area contributed by atoms with Gasteiger partial charge in [-0.15, -0.1) is 11.3 Å². The fourth-order valence-corrected chi connectivity index (χ4v) is 2.69. The summed E-state index contributed by atoms with van der Waals surface area (Å²) in [4.78, 5) is 9.48. The van der Waals surface area contributed by atoms with E-state index in [4.69, 9.17) is 16.7 Å². The molecule has 0 spiro atoms. The summed E-state index contributed by atoms with van der Waals surface area (Å²) in [6.07, 6.45) is 0. The number of sulfonamides is 1. The smallest absolute Gasteiger partial charge is 0.258 e. The SMILES string of the molecule is NS(=O)(=O)c1cc([N+](=O)[O-])c(Cl)s1. The van der Waals surface area contributed by atoms with Gasteiger partial charge in [0.15, 0.2) is 4.34 Å². The first-order chi connectivity index (χ1) is 5.82. The van der Waals surface area contributed by atoms with E-state index in [9.17, 15) is 18.5 Å². The van der Waals surface area contributed by atoms with Crippen LogP contribution in [0.2, 0.25) is 4.34 Å². The Hall–Kier alpha value is -0.700. The molecule has 0 saturated carbocycles. The molecule has 0 amide bonds. The first kappa shape index (κ1) is 10.4.